The normalized spacial score (nSPS) is 12.9. The van der Waals surface area contributed by atoms with Gasteiger partial charge in [-0.2, -0.15) is 5.10 Å². The van der Waals surface area contributed by atoms with Crippen LogP contribution in [0.15, 0.2) is 54.6 Å². The minimum atomic E-state index is -1.03. The van der Waals surface area contributed by atoms with Crippen LogP contribution in [0.5, 0.6) is 5.75 Å². The van der Waals surface area contributed by atoms with Gasteiger partial charge in [-0.1, -0.05) is 48.9 Å². The molecule has 6 nitrogen and oxygen atoms in total. The predicted molar refractivity (Wildman–Crippen MR) is 125 cm³/mol. The number of ether oxygens (including phenoxy) is 3. The molecule has 7 heteroatoms. The van der Waals surface area contributed by atoms with Crippen molar-refractivity contribution in [1.29, 1.82) is 0 Å². The van der Waals surface area contributed by atoms with E-state index < -0.39 is 5.60 Å². The maximum Gasteiger partial charge on any atom is 0.338 e. The third-order valence-corrected chi connectivity index (χ3v) is 5.76. The highest BCUT2D eigenvalue weighted by Gasteiger charge is 2.34. The van der Waals surface area contributed by atoms with Crippen molar-refractivity contribution in [2.45, 2.75) is 45.9 Å². The van der Waals surface area contributed by atoms with E-state index in [2.05, 4.69) is 0 Å². The number of nitrogens with zero attached hydrogens (tertiary/aromatic N) is 2. The molecule has 32 heavy (non-hydrogen) atoms. The van der Waals surface area contributed by atoms with Crippen LogP contribution in [-0.4, -0.2) is 35.1 Å². The van der Waals surface area contributed by atoms with Gasteiger partial charge in [0.05, 0.1) is 38.3 Å². The van der Waals surface area contributed by atoms with E-state index in [0.29, 0.717) is 30.3 Å². The van der Waals surface area contributed by atoms with E-state index in [4.69, 9.17) is 30.9 Å². The highest BCUT2D eigenvalue weighted by atomic mass is 35.5. The topological polar surface area (TPSA) is 62.6 Å². The van der Waals surface area contributed by atoms with Gasteiger partial charge in [0.1, 0.15) is 5.75 Å². The van der Waals surface area contributed by atoms with Crippen LogP contribution in [-0.2, 0) is 27.4 Å². The van der Waals surface area contributed by atoms with Gasteiger partial charge in [-0.15, -0.1) is 0 Å². The molecule has 0 radical (unpaired) electrons. The van der Waals surface area contributed by atoms with Crippen molar-refractivity contribution in [2.24, 2.45) is 0 Å². The number of hydrogen-bond donors (Lipinski definition) is 0. The smallest absolute Gasteiger partial charge is 0.338 e. The van der Waals surface area contributed by atoms with Crippen LogP contribution in [0.4, 0.5) is 0 Å². The molecule has 0 amide bonds. The van der Waals surface area contributed by atoms with Crippen molar-refractivity contribution in [3.8, 4) is 17.0 Å². The van der Waals surface area contributed by atoms with E-state index in [1.807, 2.05) is 66.2 Å². The second-order valence-electron chi connectivity index (χ2n) is 7.60. The van der Waals surface area contributed by atoms with Crippen molar-refractivity contribution < 1.29 is 19.0 Å². The minimum Gasteiger partial charge on any atom is -0.497 e. The summed E-state index contributed by atoms with van der Waals surface area (Å²) < 4.78 is 18.5. The Morgan fingerprint density at radius 1 is 1.12 bits per heavy atom. The fourth-order valence-corrected chi connectivity index (χ4v) is 3.48. The third-order valence-electron chi connectivity index (χ3n) is 5.39. The number of esters is 1. The molecule has 1 atom stereocenters. The summed E-state index contributed by atoms with van der Waals surface area (Å²) in [5.74, 6) is 0.387. The Bertz CT molecular complexity index is 1070. The SMILES string of the molecule is CCOC(=O)[C@](C)(CC)OCc1cc(-c2cccc(OC)c2)n(Cc2ccccc2Cl)n1. The number of hydrogen-bond acceptors (Lipinski definition) is 5. The Labute approximate surface area is 194 Å². The summed E-state index contributed by atoms with van der Waals surface area (Å²) in [5, 5.41) is 5.44. The monoisotopic (exact) mass is 456 g/mol. The minimum absolute atomic E-state index is 0.176. The summed E-state index contributed by atoms with van der Waals surface area (Å²) in [6, 6.07) is 17.4. The lowest BCUT2D eigenvalue weighted by atomic mass is 10.0. The van der Waals surface area contributed by atoms with Gasteiger partial charge in [0, 0.05) is 10.6 Å². The van der Waals surface area contributed by atoms with Gasteiger partial charge in [-0.25, -0.2) is 4.79 Å². The molecule has 170 valence electrons. The number of methoxy groups -OCH3 is 1. The Balaban J connectivity index is 1.93. The van der Waals surface area contributed by atoms with Crippen molar-refractivity contribution in [1.82, 2.24) is 9.78 Å². The van der Waals surface area contributed by atoms with Gasteiger partial charge < -0.3 is 14.2 Å². The first-order valence-electron chi connectivity index (χ1n) is 10.7. The lowest BCUT2D eigenvalue weighted by Crippen LogP contribution is -2.39. The molecule has 0 fully saturated rings. The first kappa shape index (κ1) is 23.8. The molecular formula is C25H29ClN2O4. The van der Waals surface area contributed by atoms with E-state index in [1.165, 1.54) is 0 Å². The Hall–Kier alpha value is -2.83. The number of aromatic nitrogens is 2. The molecular weight excluding hydrogens is 428 g/mol. The van der Waals surface area contributed by atoms with Gasteiger partial charge in [0.25, 0.3) is 0 Å². The lowest BCUT2D eigenvalue weighted by Gasteiger charge is -2.25. The third kappa shape index (κ3) is 5.50. The number of halogens is 1. The summed E-state index contributed by atoms with van der Waals surface area (Å²) in [6.07, 6.45) is 0.495. The summed E-state index contributed by atoms with van der Waals surface area (Å²) in [7, 11) is 1.64. The van der Waals surface area contributed by atoms with Crippen LogP contribution in [0.25, 0.3) is 11.3 Å². The zero-order valence-corrected chi connectivity index (χ0v) is 19.7. The maximum absolute atomic E-state index is 12.4. The Morgan fingerprint density at radius 3 is 2.59 bits per heavy atom. The molecule has 0 N–H and O–H groups in total. The van der Waals surface area contributed by atoms with E-state index in [0.717, 1.165) is 22.6 Å². The van der Waals surface area contributed by atoms with Crippen molar-refractivity contribution in [3.63, 3.8) is 0 Å². The largest absolute Gasteiger partial charge is 0.497 e. The molecule has 2 aromatic carbocycles. The molecule has 0 aliphatic carbocycles. The quantitative estimate of drug-likeness (QED) is 0.376. The zero-order chi connectivity index (χ0) is 23.1. The molecule has 1 aromatic heterocycles. The summed E-state index contributed by atoms with van der Waals surface area (Å²) in [6.45, 7) is 6.41. The Kier molecular flexibility index (Phi) is 7.94. The van der Waals surface area contributed by atoms with E-state index in [-0.39, 0.29) is 12.6 Å². The second-order valence-corrected chi connectivity index (χ2v) is 8.00. The van der Waals surface area contributed by atoms with Crippen molar-refractivity contribution in [2.75, 3.05) is 13.7 Å². The molecule has 0 aliphatic heterocycles. The highest BCUT2D eigenvalue weighted by Crippen LogP contribution is 2.28. The first-order valence-corrected chi connectivity index (χ1v) is 11.0. The number of benzene rings is 2. The number of carbonyl (C=O) groups excluding carboxylic acids is 1. The number of rotatable bonds is 10. The molecule has 0 saturated heterocycles. The summed E-state index contributed by atoms with van der Waals surface area (Å²) in [4.78, 5) is 12.4. The summed E-state index contributed by atoms with van der Waals surface area (Å²) >= 11 is 6.39. The Morgan fingerprint density at radius 2 is 1.91 bits per heavy atom. The second kappa shape index (κ2) is 10.7. The predicted octanol–water partition coefficient (Wildman–Crippen LogP) is 5.51. The molecule has 0 bridgehead atoms. The summed E-state index contributed by atoms with van der Waals surface area (Å²) in [5.41, 5.74) is 2.49. The van der Waals surface area contributed by atoms with Crippen LogP contribution in [0.2, 0.25) is 5.02 Å². The standard InChI is InChI=1S/C25H29ClN2O4/c1-5-25(3,24(29)31-6-2)32-17-20-15-23(18-11-9-12-21(14-18)30-4)28(27-20)16-19-10-7-8-13-22(19)26/h7-15H,5-6,16-17H2,1-4H3/t25-/m0/s1. The molecule has 0 saturated carbocycles. The fraction of sp³-hybridized carbons (Fsp3) is 0.360. The molecule has 3 rings (SSSR count). The zero-order valence-electron chi connectivity index (χ0n) is 18.9. The number of carbonyl (C=O) groups is 1. The first-order chi connectivity index (χ1) is 15.4. The molecule has 0 unspecified atom stereocenters. The van der Waals surface area contributed by atoms with Crippen LogP contribution in [0, 0.1) is 0 Å². The molecule has 0 aliphatic rings. The van der Waals surface area contributed by atoms with Crippen LogP contribution >= 0.6 is 11.6 Å². The van der Waals surface area contributed by atoms with Gasteiger partial charge in [-0.05, 0) is 50.1 Å². The van der Waals surface area contributed by atoms with Crippen LogP contribution in [0.3, 0.4) is 0 Å². The fourth-order valence-electron chi connectivity index (χ4n) is 3.29. The average Bonchev–Trinajstić information content (AvgIpc) is 3.22. The van der Waals surface area contributed by atoms with E-state index >= 15 is 0 Å². The van der Waals surface area contributed by atoms with Crippen LogP contribution < -0.4 is 4.74 Å². The molecule has 1 heterocycles. The average molecular weight is 457 g/mol. The lowest BCUT2D eigenvalue weighted by molar-refractivity contribution is -0.172. The van der Waals surface area contributed by atoms with Gasteiger partial charge in [0.15, 0.2) is 5.60 Å². The van der Waals surface area contributed by atoms with Gasteiger partial charge in [0.2, 0.25) is 0 Å². The molecule has 0 spiro atoms. The van der Waals surface area contributed by atoms with Gasteiger partial charge >= 0.3 is 5.97 Å². The highest BCUT2D eigenvalue weighted by molar-refractivity contribution is 6.31. The van der Waals surface area contributed by atoms with Crippen molar-refractivity contribution >= 4 is 17.6 Å². The van der Waals surface area contributed by atoms with Gasteiger partial charge in [-0.3, -0.25) is 4.68 Å². The van der Waals surface area contributed by atoms with Crippen LogP contribution in [0.1, 0.15) is 38.4 Å². The van der Waals surface area contributed by atoms with E-state index in [9.17, 15) is 4.79 Å². The molecule has 3 aromatic rings. The van der Waals surface area contributed by atoms with Crippen molar-refractivity contribution in [3.05, 3.63) is 70.9 Å². The van der Waals surface area contributed by atoms with E-state index in [1.54, 1.807) is 21.0 Å². The maximum atomic E-state index is 12.4.